The Bertz CT molecular complexity index is 492. The molecule has 1 amide bonds. The summed E-state index contributed by atoms with van der Waals surface area (Å²) < 4.78 is 22.9. The maximum atomic E-state index is 13.4. The van der Waals surface area contributed by atoms with Crippen molar-refractivity contribution < 1.29 is 28.6 Å². The second-order valence-corrected chi connectivity index (χ2v) is 4.06. The Hall–Kier alpha value is -2.15. The van der Waals surface area contributed by atoms with Gasteiger partial charge in [-0.3, -0.25) is 4.79 Å². The van der Waals surface area contributed by atoms with Crippen LogP contribution in [-0.4, -0.2) is 43.9 Å². The van der Waals surface area contributed by atoms with Crippen LogP contribution in [0.4, 0.5) is 4.39 Å². The molecule has 0 spiro atoms. The Balaban J connectivity index is 2.66. The summed E-state index contributed by atoms with van der Waals surface area (Å²) in [6, 6.07) is 2.98. The van der Waals surface area contributed by atoms with Gasteiger partial charge in [-0.15, -0.1) is 0 Å². The van der Waals surface area contributed by atoms with Crippen LogP contribution in [0.1, 0.15) is 5.56 Å². The number of hydrogen-bond donors (Lipinski definition) is 2. The van der Waals surface area contributed by atoms with Crippen LogP contribution in [0.5, 0.6) is 5.75 Å². The van der Waals surface area contributed by atoms with E-state index < -0.39 is 23.7 Å². The predicted molar refractivity (Wildman–Crippen MR) is 68.1 cm³/mol. The SMILES string of the molecule is COCC(NC(=O)Cc1ccc(OC)c(F)c1)C(=O)O. The first kappa shape index (κ1) is 15.9. The third kappa shape index (κ3) is 4.51. The first-order chi connectivity index (χ1) is 9.47. The van der Waals surface area contributed by atoms with E-state index in [1.165, 1.54) is 32.4 Å². The van der Waals surface area contributed by atoms with Gasteiger partial charge in [0.05, 0.1) is 20.1 Å². The Labute approximate surface area is 115 Å². The lowest BCUT2D eigenvalue weighted by atomic mass is 10.1. The van der Waals surface area contributed by atoms with Gasteiger partial charge in [0.2, 0.25) is 5.91 Å². The highest BCUT2D eigenvalue weighted by molar-refractivity contribution is 5.84. The number of rotatable bonds is 7. The van der Waals surface area contributed by atoms with E-state index in [0.717, 1.165) is 0 Å². The number of ether oxygens (including phenoxy) is 2. The smallest absolute Gasteiger partial charge is 0.328 e. The average molecular weight is 285 g/mol. The number of nitrogens with one attached hydrogen (secondary N) is 1. The highest BCUT2D eigenvalue weighted by Crippen LogP contribution is 2.17. The number of carboxylic acids is 1. The topological polar surface area (TPSA) is 84.9 Å². The van der Waals surface area contributed by atoms with Crippen LogP contribution in [0, 0.1) is 5.82 Å². The number of aliphatic carboxylic acids is 1. The highest BCUT2D eigenvalue weighted by atomic mass is 19.1. The summed E-state index contributed by atoms with van der Waals surface area (Å²) in [4.78, 5) is 22.5. The van der Waals surface area contributed by atoms with Crippen molar-refractivity contribution in [1.29, 1.82) is 0 Å². The van der Waals surface area contributed by atoms with Crippen molar-refractivity contribution in [2.45, 2.75) is 12.5 Å². The van der Waals surface area contributed by atoms with Crippen molar-refractivity contribution >= 4 is 11.9 Å². The molecule has 1 unspecified atom stereocenters. The van der Waals surface area contributed by atoms with Crippen LogP contribution in [0.25, 0.3) is 0 Å². The number of methoxy groups -OCH3 is 2. The van der Waals surface area contributed by atoms with Crippen LogP contribution < -0.4 is 10.1 Å². The lowest BCUT2D eigenvalue weighted by Crippen LogP contribution is -2.44. The molecule has 0 aliphatic carbocycles. The van der Waals surface area contributed by atoms with Crippen molar-refractivity contribution in [1.82, 2.24) is 5.32 Å². The van der Waals surface area contributed by atoms with Gasteiger partial charge in [0.25, 0.3) is 0 Å². The van der Waals surface area contributed by atoms with Crippen LogP contribution >= 0.6 is 0 Å². The van der Waals surface area contributed by atoms with Gasteiger partial charge in [0.1, 0.15) is 0 Å². The molecule has 0 heterocycles. The van der Waals surface area contributed by atoms with Crippen LogP contribution in [0.2, 0.25) is 0 Å². The predicted octanol–water partition coefficient (Wildman–Crippen LogP) is 0.593. The number of benzene rings is 1. The largest absolute Gasteiger partial charge is 0.494 e. The second kappa shape index (κ2) is 7.44. The van der Waals surface area contributed by atoms with Gasteiger partial charge in [-0.2, -0.15) is 0 Å². The van der Waals surface area contributed by atoms with Crippen molar-refractivity contribution in [2.24, 2.45) is 0 Å². The molecule has 20 heavy (non-hydrogen) atoms. The van der Waals surface area contributed by atoms with E-state index in [0.29, 0.717) is 5.56 Å². The molecule has 1 aromatic carbocycles. The minimum absolute atomic E-state index is 0.0805. The van der Waals surface area contributed by atoms with Gasteiger partial charge in [-0.25, -0.2) is 9.18 Å². The minimum atomic E-state index is -1.19. The first-order valence-corrected chi connectivity index (χ1v) is 5.81. The highest BCUT2D eigenvalue weighted by Gasteiger charge is 2.19. The van der Waals surface area contributed by atoms with E-state index >= 15 is 0 Å². The summed E-state index contributed by atoms with van der Waals surface area (Å²) in [6.07, 6.45) is -0.131. The normalized spacial score (nSPS) is 11.8. The van der Waals surface area contributed by atoms with Gasteiger partial charge < -0.3 is 19.9 Å². The molecule has 0 aromatic heterocycles. The molecule has 2 N–H and O–H groups in total. The maximum absolute atomic E-state index is 13.4. The molecular formula is C13H16FNO5. The monoisotopic (exact) mass is 285 g/mol. The van der Waals surface area contributed by atoms with E-state index in [-0.39, 0.29) is 18.8 Å². The zero-order chi connectivity index (χ0) is 15.1. The molecule has 0 fully saturated rings. The summed E-state index contributed by atoms with van der Waals surface area (Å²) in [5.41, 5.74) is 0.419. The fourth-order valence-electron chi connectivity index (χ4n) is 1.59. The Morgan fingerprint density at radius 2 is 2.10 bits per heavy atom. The molecule has 0 aliphatic heterocycles. The summed E-state index contributed by atoms with van der Waals surface area (Å²) in [7, 11) is 2.67. The average Bonchev–Trinajstić information content (AvgIpc) is 2.38. The van der Waals surface area contributed by atoms with Crippen molar-refractivity contribution in [2.75, 3.05) is 20.8 Å². The molecule has 1 atom stereocenters. The van der Waals surface area contributed by atoms with Gasteiger partial charge >= 0.3 is 5.97 Å². The number of carboxylic acid groups (broad SMARTS) is 1. The second-order valence-electron chi connectivity index (χ2n) is 4.06. The van der Waals surface area contributed by atoms with Crippen molar-refractivity contribution in [3.8, 4) is 5.75 Å². The van der Waals surface area contributed by atoms with Crippen molar-refractivity contribution in [3.05, 3.63) is 29.6 Å². The standard InChI is InChI=1S/C13H16FNO5/c1-19-7-10(13(17)18)15-12(16)6-8-3-4-11(20-2)9(14)5-8/h3-5,10H,6-7H2,1-2H3,(H,15,16)(H,17,18). The van der Waals surface area contributed by atoms with Crippen LogP contribution in [0.15, 0.2) is 18.2 Å². The number of halogens is 1. The molecule has 6 nitrogen and oxygen atoms in total. The lowest BCUT2D eigenvalue weighted by Gasteiger charge is -2.13. The molecule has 0 saturated heterocycles. The lowest BCUT2D eigenvalue weighted by molar-refractivity contribution is -0.143. The summed E-state index contributed by atoms with van der Waals surface area (Å²) in [5.74, 6) is -2.22. The van der Waals surface area contributed by atoms with Crippen molar-refractivity contribution in [3.63, 3.8) is 0 Å². The van der Waals surface area contributed by atoms with E-state index in [2.05, 4.69) is 5.32 Å². The fourth-order valence-corrected chi connectivity index (χ4v) is 1.59. The zero-order valence-corrected chi connectivity index (χ0v) is 11.2. The quantitative estimate of drug-likeness (QED) is 0.766. The van der Waals surface area contributed by atoms with Crippen LogP contribution in [-0.2, 0) is 20.7 Å². The Morgan fingerprint density at radius 3 is 2.60 bits per heavy atom. The fraction of sp³-hybridized carbons (Fsp3) is 0.385. The molecule has 110 valence electrons. The molecule has 1 rings (SSSR count). The summed E-state index contributed by atoms with van der Waals surface area (Å²) in [5, 5.41) is 11.2. The molecule has 0 bridgehead atoms. The number of carbonyl (C=O) groups excluding carboxylic acids is 1. The van der Waals surface area contributed by atoms with Gasteiger partial charge in [-0.05, 0) is 17.7 Å². The Kier molecular flexibility index (Phi) is 5.92. The van der Waals surface area contributed by atoms with Crippen LogP contribution in [0.3, 0.4) is 0 Å². The molecule has 7 heteroatoms. The minimum Gasteiger partial charge on any atom is -0.494 e. The maximum Gasteiger partial charge on any atom is 0.328 e. The number of carbonyl (C=O) groups is 2. The van der Waals surface area contributed by atoms with E-state index in [9.17, 15) is 14.0 Å². The van der Waals surface area contributed by atoms with E-state index in [1.54, 1.807) is 0 Å². The van der Waals surface area contributed by atoms with Gasteiger partial charge in [0, 0.05) is 7.11 Å². The van der Waals surface area contributed by atoms with Gasteiger partial charge in [0.15, 0.2) is 17.6 Å². The molecule has 0 saturated carbocycles. The number of amides is 1. The molecule has 1 aromatic rings. The van der Waals surface area contributed by atoms with Gasteiger partial charge in [-0.1, -0.05) is 6.07 Å². The summed E-state index contributed by atoms with van der Waals surface area (Å²) >= 11 is 0. The van der Waals surface area contributed by atoms with E-state index in [4.69, 9.17) is 14.6 Å². The van der Waals surface area contributed by atoms with E-state index in [1.807, 2.05) is 0 Å². The third-order valence-corrected chi connectivity index (χ3v) is 2.55. The first-order valence-electron chi connectivity index (χ1n) is 5.81. The third-order valence-electron chi connectivity index (χ3n) is 2.55. The Morgan fingerprint density at radius 1 is 1.40 bits per heavy atom. The molecular weight excluding hydrogens is 269 g/mol. The number of hydrogen-bond acceptors (Lipinski definition) is 4. The molecule has 0 aliphatic rings. The summed E-state index contributed by atoms with van der Waals surface area (Å²) in [6.45, 7) is -0.141. The molecule has 0 radical (unpaired) electrons. The zero-order valence-electron chi connectivity index (χ0n) is 11.2.